The van der Waals surface area contributed by atoms with Gasteiger partial charge in [0.1, 0.15) is 5.82 Å². The van der Waals surface area contributed by atoms with Gasteiger partial charge in [-0.2, -0.15) is 4.98 Å². The Hall–Kier alpha value is -1.32. The van der Waals surface area contributed by atoms with Crippen LogP contribution in [0.3, 0.4) is 0 Å². The molecule has 2 atom stereocenters. The number of nitrogens with zero attached hydrogens (tertiary/aromatic N) is 2. The summed E-state index contributed by atoms with van der Waals surface area (Å²) < 4.78 is 0. The molecular formula is C14H24N4. The molecule has 2 unspecified atom stereocenters. The smallest absolute Gasteiger partial charge is 0.224 e. The van der Waals surface area contributed by atoms with Gasteiger partial charge in [0.2, 0.25) is 5.95 Å². The predicted molar refractivity (Wildman–Crippen MR) is 75.9 cm³/mol. The van der Waals surface area contributed by atoms with Gasteiger partial charge in [-0.25, -0.2) is 4.98 Å². The molecule has 1 aliphatic rings. The number of hydrogen-bond donors (Lipinski definition) is 2. The van der Waals surface area contributed by atoms with Gasteiger partial charge in [-0.05, 0) is 31.7 Å². The standard InChI is InChI=1S/C14H24N4/c1-3-11-7-5-6-8-12(11)17-13-9-10-16-14(18-13)15-4-2/h9-12H,3-8H2,1-2H3,(H2,15,16,17,18). The number of hydrogen-bond acceptors (Lipinski definition) is 4. The Morgan fingerprint density at radius 1 is 1.28 bits per heavy atom. The van der Waals surface area contributed by atoms with Crippen molar-refractivity contribution in [1.82, 2.24) is 9.97 Å². The van der Waals surface area contributed by atoms with Gasteiger partial charge in [-0.1, -0.05) is 26.2 Å². The molecule has 2 N–H and O–H groups in total. The molecule has 0 bridgehead atoms. The highest BCUT2D eigenvalue weighted by Gasteiger charge is 2.23. The quantitative estimate of drug-likeness (QED) is 0.839. The summed E-state index contributed by atoms with van der Waals surface area (Å²) >= 11 is 0. The average molecular weight is 248 g/mol. The largest absolute Gasteiger partial charge is 0.367 e. The van der Waals surface area contributed by atoms with E-state index < -0.39 is 0 Å². The maximum atomic E-state index is 4.49. The Morgan fingerprint density at radius 2 is 2.11 bits per heavy atom. The topological polar surface area (TPSA) is 49.8 Å². The van der Waals surface area contributed by atoms with Crippen LogP contribution in [-0.4, -0.2) is 22.6 Å². The van der Waals surface area contributed by atoms with Crippen LogP contribution in [-0.2, 0) is 0 Å². The summed E-state index contributed by atoms with van der Waals surface area (Å²) in [6.07, 6.45) is 8.39. The molecule has 1 fully saturated rings. The third kappa shape index (κ3) is 3.34. The molecule has 0 spiro atoms. The van der Waals surface area contributed by atoms with Crippen LogP contribution in [0.1, 0.15) is 46.0 Å². The second-order valence-corrected chi connectivity index (χ2v) is 5.00. The van der Waals surface area contributed by atoms with Crippen molar-refractivity contribution in [3.8, 4) is 0 Å². The van der Waals surface area contributed by atoms with E-state index in [1.165, 1.54) is 32.1 Å². The summed E-state index contributed by atoms with van der Waals surface area (Å²) in [7, 11) is 0. The van der Waals surface area contributed by atoms with Gasteiger partial charge in [0.15, 0.2) is 0 Å². The number of anilines is 2. The molecule has 0 amide bonds. The van der Waals surface area contributed by atoms with Crippen molar-refractivity contribution in [3.63, 3.8) is 0 Å². The van der Waals surface area contributed by atoms with Crippen molar-refractivity contribution >= 4 is 11.8 Å². The first-order valence-corrected chi connectivity index (χ1v) is 7.17. The number of nitrogens with one attached hydrogen (secondary N) is 2. The van der Waals surface area contributed by atoms with E-state index in [2.05, 4.69) is 34.4 Å². The molecule has 1 aromatic heterocycles. The number of aromatic nitrogens is 2. The van der Waals surface area contributed by atoms with Crippen LogP contribution >= 0.6 is 0 Å². The van der Waals surface area contributed by atoms with Gasteiger partial charge in [-0.3, -0.25) is 0 Å². The summed E-state index contributed by atoms with van der Waals surface area (Å²) in [6.45, 7) is 5.19. The van der Waals surface area contributed by atoms with Crippen LogP contribution in [0.5, 0.6) is 0 Å². The zero-order chi connectivity index (χ0) is 12.8. The van der Waals surface area contributed by atoms with Crippen LogP contribution in [0.25, 0.3) is 0 Å². The molecule has 2 rings (SSSR count). The lowest BCUT2D eigenvalue weighted by atomic mass is 9.83. The minimum atomic E-state index is 0.577. The lowest BCUT2D eigenvalue weighted by Crippen LogP contribution is -2.32. The summed E-state index contributed by atoms with van der Waals surface area (Å²) in [5, 5.41) is 6.74. The summed E-state index contributed by atoms with van der Waals surface area (Å²) in [6, 6.07) is 2.54. The SMILES string of the molecule is CCNc1nccc(NC2CCCCC2CC)n1. The van der Waals surface area contributed by atoms with Crippen molar-refractivity contribution in [2.75, 3.05) is 17.2 Å². The molecule has 0 aliphatic heterocycles. The fourth-order valence-electron chi connectivity index (χ4n) is 2.76. The Labute approximate surface area is 110 Å². The van der Waals surface area contributed by atoms with Crippen LogP contribution in [0.4, 0.5) is 11.8 Å². The van der Waals surface area contributed by atoms with Crippen molar-refractivity contribution in [1.29, 1.82) is 0 Å². The molecule has 4 heteroatoms. The van der Waals surface area contributed by atoms with E-state index in [1.807, 2.05) is 12.3 Å². The van der Waals surface area contributed by atoms with E-state index in [-0.39, 0.29) is 0 Å². The maximum Gasteiger partial charge on any atom is 0.224 e. The normalized spacial score (nSPS) is 23.7. The van der Waals surface area contributed by atoms with Crippen molar-refractivity contribution in [2.45, 2.75) is 52.0 Å². The van der Waals surface area contributed by atoms with E-state index in [9.17, 15) is 0 Å². The van der Waals surface area contributed by atoms with Crippen LogP contribution in [0.2, 0.25) is 0 Å². The first kappa shape index (κ1) is 13.1. The van der Waals surface area contributed by atoms with Crippen LogP contribution in [0.15, 0.2) is 12.3 Å². The van der Waals surface area contributed by atoms with E-state index in [0.29, 0.717) is 12.0 Å². The highest BCUT2D eigenvalue weighted by atomic mass is 15.1. The fraction of sp³-hybridized carbons (Fsp3) is 0.714. The Bertz CT molecular complexity index is 367. The van der Waals surface area contributed by atoms with E-state index in [0.717, 1.165) is 18.3 Å². The van der Waals surface area contributed by atoms with Gasteiger partial charge in [-0.15, -0.1) is 0 Å². The third-order valence-corrected chi connectivity index (χ3v) is 3.76. The second-order valence-electron chi connectivity index (χ2n) is 5.00. The third-order valence-electron chi connectivity index (χ3n) is 3.76. The first-order valence-electron chi connectivity index (χ1n) is 7.17. The minimum absolute atomic E-state index is 0.577. The Kier molecular flexibility index (Phi) is 4.79. The predicted octanol–water partition coefficient (Wildman–Crippen LogP) is 3.29. The highest BCUT2D eigenvalue weighted by Crippen LogP contribution is 2.28. The lowest BCUT2D eigenvalue weighted by molar-refractivity contribution is 0.317. The van der Waals surface area contributed by atoms with Gasteiger partial charge in [0.25, 0.3) is 0 Å². The number of rotatable bonds is 5. The van der Waals surface area contributed by atoms with Gasteiger partial charge >= 0.3 is 0 Å². The Morgan fingerprint density at radius 3 is 2.89 bits per heavy atom. The molecule has 0 aromatic carbocycles. The van der Waals surface area contributed by atoms with Crippen molar-refractivity contribution < 1.29 is 0 Å². The Balaban J connectivity index is 2.00. The van der Waals surface area contributed by atoms with E-state index in [4.69, 9.17) is 0 Å². The molecule has 0 radical (unpaired) electrons. The molecule has 1 aromatic rings. The molecule has 1 heterocycles. The van der Waals surface area contributed by atoms with Gasteiger partial charge in [0.05, 0.1) is 0 Å². The van der Waals surface area contributed by atoms with Crippen molar-refractivity contribution in [2.24, 2.45) is 5.92 Å². The van der Waals surface area contributed by atoms with E-state index in [1.54, 1.807) is 0 Å². The molecule has 4 nitrogen and oxygen atoms in total. The molecular weight excluding hydrogens is 224 g/mol. The van der Waals surface area contributed by atoms with Gasteiger partial charge in [0, 0.05) is 18.8 Å². The summed E-state index contributed by atoms with van der Waals surface area (Å²) in [5.74, 6) is 2.45. The molecule has 100 valence electrons. The zero-order valence-corrected chi connectivity index (χ0v) is 11.4. The average Bonchev–Trinajstić information content (AvgIpc) is 2.40. The summed E-state index contributed by atoms with van der Waals surface area (Å²) in [4.78, 5) is 8.69. The molecule has 0 saturated heterocycles. The fourth-order valence-corrected chi connectivity index (χ4v) is 2.76. The summed E-state index contributed by atoms with van der Waals surface area (Å²) in [5.41, 5.74) is 0. The second kappa shape index (κ2) is 6.57. The van der Waals surface area contributed by atoms with Gasteiger partial charge < -0.3 is 10.6 Å². The van der Waals surface area contributed by atoms with E-state index >= 15 is 0 Å². The lowest BCUT2D eigenvalue weighted by Gasteiger charge is -2.31. The molecule has 18 heavy (non-hydrogen) atoms. The minimum Gasteiger partial charge on any atom is -0.367 e. The van der Waals surface area contributed by atoms with Crippen molar-refractivity contribution in [3.05, 3.63) is 12.3 Å². The van der Waals surface area contributed by atoms with Crippen LogP contribution in [0, 0.1) is 5.92 Å². The van der Waals surface area contributed by atoms with Crippen LogP contribution < -0.4 is 10.6 Å². The monoisotopic (exact) mass is 248 g/mol. The molecule has 1 saturated carbocycles. The zero-order valence-electron chi connectivity index (χ0n) is 11.4. The maximum absolute atomic E-state index is 4.49. The highest BCUT2D eigenvalue weighted by molar-refractivity contribution is 5.40. The molecule has 1 aliphatic carbocycles. The first-order chi connectivity index (χ1) is 8.83.